The van der Waals surface area contributed by atoms with Crippen molar-refractivity contribution in [2.24, 2.45) is 0 Å². The van der Waals surface area contributed by atoms with Crippen molar-refractivity contribution in [1.29, 1.82) is 0 Å². The Labute approximate surface area is 84.1 Å². The molecule has 0 bridgehead atoms. The van der Waals surface area contributed by atoms with Crippen LogP contribution in [0.4, 0.5) is 4.39 Å². The van der Waals surface area contributed by atoms with Crippen molar-refractivity contribution in [2.75, 3.05) is 7.11 Å². The van der Waals surface area contributed by atoms with Crippen LogP contribution in [0.1, 0.15) is 19.4 Å². The summed E-state index contributed by atoms with van der Waals surface area (Å²) in [5, 5.41) is 3.22. The zero-order chi connectivity index (χ0) is 10.6. The standard InChI is InChI=1S/C11H16FNO/c1-8(2)13-7-9-6-10(12)4-5-11(9)14-3/h4-6,8,13H,7H2,1-3H3. The molecular weight excluding hydrogens is 181 g/mol. The van der Waals surface area contributed by atoms with Gasteiger partial charge in [-0.15, -0.1) is 0 Å². The van der Waals surface area contributed by atoms with Crippen LogP contribution in [0.5, 0.6) is 5.75 Å². The molecule has 0 spiro atoms. The van der Waals surface area contributed by atoms with E-state index in [-0.39, 0.29) is 5.82 Å². The topological polar surface area (TPSA) is 21.3 Å². The molecule has 0 aliphatic carbocycles. The highest BCUT2D eigenvalue weighted by atomic mass is 19.1. The molecule has 0 saturated heterocycles. The first-order valence-electron chi connectivity index (χ1n) is 4.69. The first kappa shape index (κ1) is 11.0. The fourth-order valence-corrected chi connectivity index (χ4v) is 1.20. The van der Waals surface area contributed by atoms with Gasteiger partial charge in [-0.1, -0.05) is 13.8 Å². The Balaban J connectivity index is 2.77. The lowest BCUT2D eigenvalue weighted by molar-refractivity contribution is 0.405. The maximum absolute atomic E-state index is 12.9. The van der Waals surface area contributed by atoms with E-state index in [1.165, 1.54) is 12.1 Å². The van der Waals surface area contributed by atoms with Gasteiger partial charge in [0.05, 0.1) is 7.11 Å². The Morgan fingerprint density at radius 1 is 1.43 bits per heavy atom. The molecule has 1 rings (SSSR count). The third kappa shape index (κ3) is 3.00. The summed E-state index contributed by atoms with van der Waals surface area (Å²) in [6.45, 7) is 4.72. The van der Waals surface area contributed by atoms with E-state index in [0.29, 0.717) is 12.6 Å². The lowest BCUT2D eigenvalue weighted by atomic mass is 10.2. The molecule has 1 N–H and O–H groups in total. The molecular formula is C11H16FNO. The van der Waals surface area contributed by atoms with Crippen molar-refractivity contribution in [3.05, 3.63) is 29.6 Å². The van der Waals surface area contributed by atoms with Crippen LogP contribution in [-0.2, 0) is 6.54 Å². The fourth-order valence-electron chi connectivity index (χ4n) is 1.20. The van der Waals surface area contributed by atoms with Gasteiger partial charge >= 0.3 is 0 Å². The van der Waals surface area contributed by atoms with Gasteiger partial charge in [0.1, 0.15) is 11.6 Å². The SMILES string of the molecule is COc1ccc(F)cc1CNC(C)C. The van der Waals surface area contributed by atoms with Gasteiger partial charge in [0.25, 0.3) is 0 Å². The van der Waals surface area contributed by atoms with Crippen LogP contribution >= 0.6 is 0 Å². The molecule has 2 nitrogen and oxygen atoms in total. The third-order valence-electron chi connectivity index (χ3n) is 1.94. The zero-order valence-corrected chi connectivity index (χ0v) is 8.80. The van der Waals surface area contributed by atoms with Crippen LogP contribution < -0.4 is 10.1 Å². The lowest BCUT2D eigenvalue weighted by Gasteiger charge is -2.11. The van der Waals surface area contributed by atoms with E-state index in [0.717, 1.165) is 11.3 Å². The second-order valence-electron chi connectivity index (χ2n) is 3.49. The summed E-state index contributed by atoms with van der Waals surface area (Å²) < 4.78 is 18.1. The summed E-state index contributed by atoms with van der Waals surface area (Å²) in [6.07, 6.45) is 0. The summed E-state index contributed by atoms with van der Waals surface area (Å²) in [6, 6.07) is 4.92. The van der Waals surface area contributed by atoms with E-state index in [1.807, 2.05) is 13.8 Å². The van der Waals surface area contributed by atoms with E-state index in [9.17, 15) is 4.39 Å². The van der Waals surface area contributed by atoms with E-state index in [4.69, 9.17) is 4.74 Å². The minimum atomic E-state index is -0.230. The summed E-state index contributed by atoms with van der Waals surface area (Å²) in [5.74, 6) is 0.492. The summed E-state index contributed by atoms with van der Waals surface area (Å²) >= 11 is 0. The number of rotatable bonds is 4. The molecule has 0 heterocycles. The highest BCUT2D eigenvalue weighted by Crippen LogP contribution is 2.18. The molecule has 0 amide bonds. The quantitative estimate of drug-likeness (QED) is 0.799. The zero-order valence-electron chi connectivity index (χ0n) is 8.80. The molecule has 1 aromatic carbocycles. The fraction of sp³-hybridized carbons (Fsp3) is 0.455. The molecule has 0 aliphatic rings. The van der Waals surface area contributed by atoms with E-state index in [1.54, 1.807) is 13.2 Å². The number of ether oxygens (including phenoxy) is 1. The first-order chi connectivity index (χ1) is 6.63. The second-order valence-corrected chi connectivity index (χ2v) is 3.49. The number of benzene rings is 1. The Bertz CT molecular complexity index is 299. The third-order valence-corrected chi connectivity index (χ3v) is 1.94. The molecule has 0 unspecified atom stereocenters. The van der Waals surface area contributed by atoms with Gasteiger partial charge < -0.3 is 10.1 Å². The van der Waals surface area contributed by atoms with Crippen LogP contribution in [0.25, 0.3) is 0 Å². The lowest BCUT2D eigenvalue weighted by Crippen LogP contribution is -2.22. The van der Waals surface area contributed by atoms with Crippen molar-refractivity contribution in [1.82, 2.24) is 5.32 Å². The minimum Gasteiger partial charge on any atom is -0.496 e. The molecule has 1 aromatic rings. The number of hydrogen-bond donors (Lipinski definition) is 1. The molecule has 0 atom stereocenters. The van der Waals surface area contributed by atoms with Gasteiger partial charge in [-0.05, 0) is 18.2 Å². The van der Waals surface area contributed by atoms with Crippen molar-refractivity contribution < 1.29 is 9.13 Å². The summed E-state index contributed by atoms with van der Waals surface area (Å²) in [7, 11) is 1.59. The first-order valence-corrected chi connectivity index (χ1v) is 4.69. The van der Waals surface area contributed by atoms with Crippen LogP contribution in [0.2, 0.25) is 0 Å². The van der Waals surface area contributed by atoms with Gasteiger partial charge in [0.2, 0.25) is 0 Å². The normalized spacial score (nSPS) is 10.6. The molecule has 0 saturated carbocycles. The predicted octanol–water partition coefficient (Wildman–Crippen LogP) is 2.33. The predicted molar refractivity (Wildman–Crippen MR) is 54.9 cm³/mol. The van der Waals surface area contributed by atoms with Gasteiger partial charge in [-0.2, -0.15) is 0 Å². The maximum Gasteiger partial charge on any atom is 0.123 e. The average Bonchev–Trinajstić information content (AvgIpc) is 2.15. The Morgan fingerprint density at radius 3 is 2.71 bits per heavy atom. The highest BCUT2D eigenvalue weighted by molar-refractivity contribution is 5.33. The van der Waals surface area contributed by atoms with Crippen LogP contribution in [0.15, 0.2) is 18.2 Å². The number of hydrogen-bond acceptors (Lipinski definition) is 2. The van der Waals surface area contributed by atoms with Crippen molar-refractivity contribution >= 4 is 0 Å². The van der Waals surface area contributed by atoms with Gasteiger partial charge in [0, 0.05) is 18.2 Å². The Hall–Kier alpha value is -1.09. The molecule has 0 radical (unpaired) electrons. The largest absolute Gasteiger partial charge is 0.496 e. The van der Waals surface area contributed by atoms with Crippen molar-refractivity contribution in [2.45, 2.75) is 26.4 Å². The van der Waals surface area contributed by atoms with Gasteiger partial charge in [0.15, 0.2) is 0 Å². The molecule has 0 fully saturated rings. The minimum absolute atomic E-state index is 0.230. The summed E-state index contributed by atoms with van der Waals surface area (Å²) in [4.78, 5) is 0. The molecule has 0 aromatic heterocycles. The average molecular weight is 197 g/mol. The van der Waals surface area contributed by atoms with Crippen LogP contribution in [0, 0.1) is 5.82 Å². The van der Waals surface area contributed by atoms with Gasteiger partial charge in [-0.3, -0.25) is 0 Å². The van der Waals surface area contributed by atoms with Crippen molar-refractivity contribution in [3.8, 4) is 5.75 Å². The second kappa shape index (κ2) is 4.96. The Kier molecular flexibility index (Phi) is 3.89. The molecule has 14 heavy (non-hydrogen) atoms. The summed E-state index contributed by atoms with van der Waals surface area (Å²) in [5.41, 5.74) is 0.848. The maximum atomic E-state index is 12.9. The highest BCUT2D eigenvalue weighted by Gasteiger charge is 2.04. The molecule has 0 aliphatic heterocycles. The monoisotopic (exact) mass is 197 g/mol. The number of halogens is 1. The van der Waals surface area contributed by atoms with Crippen LogP contribution in [0.3, 0.4) is 0 Å². The Morgan fingerprint density at radius 2 is 2.14 bits per heavy atom. The molecule has 78 valence electrons. The molecule has 3 heteroatoms. The van der Waals surface area contributed by atoms with Crippen LogP contribution in [-0.4, -0.2) is 13.2 Å². The van der Waals surface area contributed by atoms with Gasteiger partial charge in [-0.25, -0.2) is 4.39 Å². The van der Waals surface area contributed by atoms with E-state index < -0.39 is 0 Å². The number of methoxy groups -OCH3 is 1. The number of nitrogens with one attached hydrogen (secondary N) is 1. The van der Waals surface area contributed by atoms with E-state index in [2.05, 4.69) is 5.32 Å². The smallest absolute Gasteiger partial charge is 0.123 e. The van der Waals surface area contributed by atoms with Crippen molar-refractivity contribution in [3.63, 3.8) is 0 Å². The van der Waals surface area contributed by atoms with E-state index >= 15 is 0 Å².